The molecule has 0 aliphatic carbocycles. The SMILES string of the molecule is CCCCc1nc(Cl)c([C@@H](Cc2ccc(-c3ccccc3)c(-c3nn[nH]n3)c2)OC(=O)[C@H](CS)NC)[nH]1. The molecule has 9 nitrogen and oxygen atoms in total. The molecule has 0 amide bonds. The first-order valence-corrected chi connectivity index (χ1v) is 13.2. The number of aromatic amines is 2. The zero-order valence-electron chi connectivity index (χ0n) is 20.7. The normalized spacial score (nSPS) is 12.9. The molecule has 37 heavy (non-hydrogen) atoms. The fourth-order valence-corrected chi connectivity index (χ4v) is 4.66. The predicted octanol–water partition coefficient (Wildman–Crippen LogP) is 4.60. The maximum atomic E-state index is 12.9. The summed E-state index contributed by atoms with van der Waals surface area (Å²) in [7, 11) is 1.70. The van der Waals surface area contributed by atoms with Crippen LogP contribution in [0.25, 0.3) is 22.5 Å². The first-order chi connectivity index (χ1) is 18.0. The second kappa shape index (κ2) is 12.8. The molecule has 11 heteroatoms. The zero-order valence-corrected chi connectivity index (χ0v) is 22.4. The van der Waals surface area contributed by atoms with Crippen LogP contribution in [0.1, 0.15) is 43.0 Å². The molecule has 0 bridgehead atoms. The number of imidazole rings is 1. The highest BCUT2D eigenvalue weighted by atomic mass is 35.5. The summed E-state index contributed by atoms with van der Waals surface area (Å²) in [5, 5.41) is 17.9. The zero-order chi connectivity index (χ0) is 26.2. The third kappa shape index (κ3) is 6.57. The van der Waals surface area contributed by atoms with Crippen molar-refractivity contribution in [3.8, 4) is 22.5 Å². The Labute approximate surface area is 226 Å². The number of carbonyl (C=O) groups is 1. The molecule has 3 N–H and O–H groups in total. The number of unbranched alkanes of at least 4 members (excludes halogenated alkanes) is 1. The molecule has 0 radical (unpaired) electrons. The topological polar surface area (TPSA) is 121 Å². The van der Waals surface area contributed by atoms with Gasteiger partial charge in [0, 0.05) is 24.2 Å². The van der Waals surface area contributed by atoms with E-state index >= 15 is 0 Å². The van der Waals surface area contributed by atoms with Gasteiger partial charge >= 0.3 is 5.97 Å². The lowest BCUT2D eigenvalue weighted by Crippen LogP contribution is -2.38. The molecule has 0 spiro atoms. The molecule has 4 aromatic rings. The number of aryl methyl sites for hydroxylation is 1. The quantitative estimate of drug-likeness (QED) is 0.153. The standard InChI is InChI=1S/C26H30ClN7O2S/c1-3-4-10-22-29-23(24(27)30-22)21(36-26(35)20(15-37)28-2)14-16-11-12-18(17-8-6-5-7-9-17)19(13-16)25-31-33-34-32-25/h5-9,11-13,20-21,28,37H,3-4,10,14-15H2,1-2H3,(H,29,30)(H,31,32,33,34)/t20-,21+/m0/s1. The number of benzene rings is 2. The van der Waals surface area contributed by atoms with Gasteiger partial charge in [0.25, 0.3) is 0 Å². The minimum Gasteiger partial charge on any atom is -0.454 e. The van der Waals surface area contributed by atoms with Crippen LogP contribution >= 0.6 is 24.2 Å². The van der Waals surface area contributed by atoms with E-state index in [-0.39, 0.29) is 0 Å². The van der Waals surface area contributed by atoms with Gasteiger partial charge in [-0.25, -0.2) is 4.98 Å². The van der Waals surface area contributed by atoms with E-state index in [1.807, 2.05) is 48.5 Å². The summed E-state index contributed by atoms with van der Waals surface area (Å²) in [6, 6.07) is 15.4. The fourth-order valence-electron chi connectivity index (χ4n) is 4.06. The van der Waals surface area contributed by atoms with Crippen LogP contribution in [0.3, 0.4) is 0 Å². The van der Waals surface area contributed by atoms with E-state index in [1.54, 1.807) is 7.05 Å². The molecule has 2 aromatic carbocycles. The van der Waals surface area contributed by atoms with Gasteiger partial charge in [-0.05, 0) is 41.4 Å². The monoisotopic (exact) mass is 539 g/mol. The van der Waals surface area contributed by atoms with E-state index in [1.165, 1.54) is 0 Å². The smallest absolute Gasteiger partial charge is 0.324 e. The number of carbonyl (C=O) groups excluding carboxylic acids is 1. The highest BCUT2D eigenvalue weighted by molar-refractivity contribution is 7.80. The van der Waals surface area contributed by atoms with E-state index < -0.39 is 18.1 Å². The molecule has 0 aliphatic heterocycles. The van der Waals surface area contributed by atoms with Crippen molar-refractivity contribution in [2.24, 2.45) is 0 Å². The van der Waals surface area contributed by atoms with Crippen LogP contribution in [0.5, 0.6) is 0 Å². The van der Waals surface area contributed by atoms with Gasteiger partial charge < -0.3 is 15.0 Å². The number of hydrogen-bond acceptors (Lipinski definition) is 8. The Kier molecular flexibility index (Phi) is 9.32. The van der Waals surface area contributed by atoms with Crippen molar-refractivity contribution in [2.75, 3.05) is 12.8 Å². The number of nitrogens with one attached hydrogen (secondary N) is 3. The molecular weight excluding hydrogens is 510 g/mol. The summed E-state index contributed by atoms with van der Waals surface area (Å²) in [4.78, 5) is 20.7. The highest BCUT2D eigenvalue weighted by Gasteiger charge is 2.27. The van der Waals surface area contributed by atoms with Gasteiger partial charge in [-0.3, -0.25) is 4.79 Å². The summed E-state index contributed by atoms with van der Waals surface area (Å²) in [6.07, 6.45) is 2.46. The number of nitrogens with zero attached hydrogens (tertiary/aromatic N) is 4. The number of tetrazole rings is 1. The number of ether oxygens (including phenoxy) is 1. The van der Waals surface area contributed by atoms with Crippen LogP contribution < -0.4 is 5.32 Å². The van der Waals surface area contributed by atoms with Crippen LogP contribution in [0.2, 0.25) is 5.15 Å². The Morgan fingerprint density at radius 2 is 2.00 bits per heavy atom. The second-order valence-electron chi connectivity index (χ2n) is 8.63. The predicted molar refractivity (Wildman–Crippen MR) is 146 cm³/mol. The fraction of sp³-hybridized carbons (Fsp3) is 0.346. The van der Waals surface area contributed by atoms with Crippen LogP contribution in [0, 0.1) is 0 Å². The number of likely N-dealkylation sites (N-methyl/N-ethyl adjacent to an activating group) is 1. The number of rotatable bonds is 12. The minimum absolute atomic E-state index is 0.300. The molecule has 4 rings (SSSR count). The summed E-state index contributed by atoms with van der Waals surface area (Å²) < 4.78 is 5.97. The van der Waals surface area contributed by atoms with Crippen molar-refractivity contribution in [3.63, 3.8) is 0 Å². The Bertz CT molecular complexity index is 1290. The molecule has 194 valence electrons. The number of aromatic nitrogens is 6. The van der Waals surface area contributed by atoms with Crippen molar-refractivity contribution < 1.29 is 9.53 Å². The first kappa shape index (κ1) is 26.8. The number of esters is 1. The second-order valence-corrected chi connectivity index (χ2v) is 9.35. The van der Waals surface area contributed by atoms with Crippen LogP contribution in [-0.2, 0) is 22.4 Å². The molecule has 0 fully saturated rings. The van der Waals surface area contributed by atoms with Gasteiger partial charge in [-0.2, -0.15) is 17.8 Å². The minimum atomic E-state index is -0.681. The summed E-state index contributed by atoms with van der Waals surface area (Å²) >= 11 is 10.8. The molecule has 2 aromatic heterocycles. The first-order valence-electron chi connectivity index (χ1n) is 12.2. The molecule has 0 saturated carbocycles. The van der Waals surface area contributed by atoms with E-state index in [9.17, 15) is 4.79 Å². The number of thiol groups is 1. The average Bonchev–Trinajstić information content (AvgIpc) is 3.58. The largest absolute Gasteiger partial charge is 0.454 e. The van der Waals surface area contributed by atoms with E-state index in [4.69, 9.17) is 16.3 Å². The number of halogens is 1. The summed E-state index contributed by atoms with van der Waals surface area (Å²) in [5.41, 5.74) is 4.28. The summed E-state index contributed by atoms with van der Waals surface area (Å²) in [6.45, 7) is 2.12. The van der Waals surface area contributed by atoms with Crippen molar-refractivity contribution in [3.05, 3.63) is 70.8 Å². The van der Waals surface area contributed by atoms with E-state index in [0.717, 1.165) is 47.3 Å². The Balaban J connectivity index is 1.71. The molecule has 2 atom stereocenters. The lowest BCUT2D eigenvalue weighted by atomic mass is 9.95. The summed E-state index contributed by atoms with van der Waals surface area (Å²) in [5.74, 6) is 1.13. The van der Waals surface area contributed by atoms with Crippen LogP contribution in [0.15, 0.2) is 48.5 Å². The Morgan fingerprint density at radius 3 is 2.68 bits per heavy atom. The maximum absolute atomic E-state index is 12.9. The van der Waals surface area contributed by atoms with Gasteiger partial charge in [-0.1, -0.05) is 67.4 Å². The number of H-pyrrole nitrogens is 2. The Morgan fingerprint density at radius 1 is 1.19 bits per heavy atom. The Hall–Kier alpha value is -3.21. The average molecular weight is 540 g/mol. The van der Waals surface area contributed by atoms with Crippen molar-refractivity contribution in [2.45, 2.75) is 44.8 Å². The lowest BCUT2D eigenvalue weighted by molar-refractivity contribution is -0.151. The van der Waals surface area contributed by atoms with E-state index in [2.05, 4.69) is 55.5 Å². The van der Waals surface area contributed by atoms with Crippen LogP contribution in [0.4, 0.5) is 0 Å². The van der Waals surface area contributed by atoms with Crippen molar-refractivity contribution in [1.82, 2.24) is 35.9 Å². The maximum Gasteiger partial charge on any atom is 0.324 e. The van der Waals surface area contributed by atoms with Gasteiger partial charge in [0.2, 0.25) is 5.82 Å². The number of hydrogen-bond donors (Lipinski definition) is 4. The third-order valence-electron chi connectivity index (χ3n) is 6.07. The molecule has 2 heterocycles. The van der Waals surface area contributed by atoms with Gasteiger partial charge in [0.15, 0.2) is 5.15 Å². The van der Waals surface area contributed by atoms with Crippen molar-refractivity contribution >= 4 is 30.2 Å². The molecule has 0 saturated heterocycles. The van der Waals surface area contributed by atoms with E-state index in [0.29, 0.717) is 28.8 Å². The lowest BCUT2D eigenvalue weighted by Gasteiger charge is -2.21. The van der Waals surface area contributed by atoms with Crippen LogP contribution in [-0.4, -0.2) is 55.4 Å². The molecular formula is C26H30ClN7O2S. The highest BCUT2D eigenvalue weighted by Crippen LogP contribution is 2.34. The molecule has 0 aliphatic rings. The molecule has 0 unspecified atom stereocenters. The van der Waals surface area contributed by atoms with Gasteiger partial charge in [0.1, 0.15) is 18.0 Å². The third-order valence-corrected chi connectivity index (χ3v) is 6.73. The van der Waals surface area contributed by atoms with Gasteiger partial charge in [0.05, 0.1) is 5.69 Å². The van der Waals surface area contributed by atoms with Crippen molar-refractivity contribution in [1.29, 1.82) is 0 Å². The van der Waals surface area contributed by atoms with Gasteiger partial charge in [-0.15, -0.1) is 10.2 Å².